The van der Waals surface area contributed by atoms with Gasteiger partial charge in [0.25, 0.3) is 0 Å². The highest BCUT2D eigenvalue weighted by Crippen LogP contribution is 2.25. The van der Waals surface area contributed by atoms with Gasteiger partial charge in [0.2, 0.25) is 0 Å². The zero-order chi connectivity index (χ0) is 10.4. The Balaban J connectivity index is 2.37. The molecule has 0 aromatic rings. The molecule has 3 atom stereocenters. The van der Waals surface area contributed by atoms with Crippen LogP contribution in [0.5, 0.6) is 0 Å². The van der Waals surface area contributed by atoms with Crippen molar-refractivity contribution in [1.29, 1.82) is 5.26 Å². The normalized spacial score (nSPS) is 28.6. The van der Waals surface area contributed by atoms with Gasteiger partial charge in [0, 0.05) is 19.2 Å². The number of ether oxygens (including phenoxy) is 1. The first-order valence-corrected chi connectivity index (χ1v) is 5.46. The average molecular weight is 196 g/mol. The molecule has 0 aromatic carbocycles. The van der Waals surface area contributed by atoms with E-state index in [0.29, 0.717) is 12.1 Å². The largest absolute Gasteiger partial charge is 0.383 e. The third kappa shape index (κ3) is 2.97. The molecule has 80 valence electrons. The molecule has 3 unspecified atom stereocenters. The molecule has 0 aromatic heterocycles. The van der Waals surface area contributed by atoms with Gasteiger partial charge < -0.3 is 10.1 Å². The van der Waals surface area contributed by atoms with Crippen LogP contribution < -0.4 is 5.32 Å². The number of nitrogens with zero attached hydrogens (tertiary/aromatic N) is 1. The van der Waals surface area contributed by atoms with E-state index in [2.05, 4.69) is 18.3 Å². The predicted molar refractivity (Wildman–Crippen MR) is 55.8 cm³/mol. The smallest absolute Gasteiger partial charge is 0.0672 e. The van der Waals surface area contributed by atoms with Gasteiger partial charge in [0.05, 0.1) is 18.6 Å². The van der Waals surface area contributed by atoms with Crippen LogP contribution in [0.15, 0.2) is 0 Å². The highest BCUT2D eigenvalue weighted by molar-refractivity contribution is 4.97. The van der Waals surface area contributed by atoms with Gasteiger partial charge in [0.15, 0.2) is 0 Å². The summed E-state index contributed by atoms with van der Waals surface area (Å²) in [5, 5.41) is 12.5. The van der Waals surface area contributed by atoms with Crippen LogP contribution in [0.4, 0.5) is 0 Å². The van der Waals surface area contributed by atoms with Gasteiger partial charge in [-0.25, -0.2) is 0 Å². The summed E-state index contributed by atoms with van der Waals surface area (Å²) in [5.41, 5.74) is 0. The molecule has 0 amide bonds. The zero-order valence-corrected chi connectivity index (χ0v) is 9.12. The summed E-state index contributed by atoms with van der Waals surface area (Å²) in [6.07, 6.45) is 4.43. The van der Waals surface area contributed by atoms with Crippen LogP contribution in [0.2, 0.25) is 0 Å². The molecule has 0 aliphatic heterocycles. The molecule has 1 saturated carbocycles. The van der Waals surface area contributed by atoms with Gasteiger partial charge in [0.1, 0.15) is 0 Å². The van der Waals surface area contributed by atoms with Crippen molar-refractivity contribution in [1.82, 2.24) is 5.32 Å². The predicted octanol–water partition coefficient (Wildman–Crippen LogP) is 1.69. The summed E-state index contributed by atoms with van der Waals surface area (Å²) in [6, 6.07) is 3.17. The Hall–Kier alpha value is -0.590. The number of rotatable bonds is 5. The lowest BCUT2D eigenvalue weighted by atomic mass is 10.0. The van der Waals surface area contributed by atoms with E-state index < -0.39 is 0 Å². The first-order chi connectivity index (χ1) is 6.81. The van der Waals surface area contributed by atoms with Crippen LogP contribution in [0.25, 0.3) is 0 Å². The van der Waals surface area contributed by atoms with Crippen molar-refractivity contribution in [3.63, 3.8) is 0 Å². The van der Waals surface area contributed by atoms with Crippen LogP contribution in [0.1, 0.15) is 32.6 Å². The lowest BCUT2D eigenvalue weighted by Crippen LogP contribution is -2.42. The first kappa shape index (κ1) is 11.5. The highest BCUT2D eigenvalue weighted by atomic mass is 16.5. The molecule has 0 radical (unpaired) electrons. The van der Waals surface area contributed by atoms with Gasteiger partial charge in [-0.3, -0.25) is 0 Å². The van der Waals surface area contributed by atoms with Crippen LogP contribution in [0, 0.1) is 17.2 Å². The van der Waals surface area contributed by atoms with Gasteiger partial charge in [-0.15, -0.1) is 0 Å². The average Bonchev–Trinajstić information content (AvgIpc) is 2.64. The van der Waals surface area contributed by atoms with E-state index in [-0.39, 0.29) is 5.92 Å². The monoisotopic (exact) mass is 196 g/mol. The van der Waals surface area contributed by atoms with Crippen molar-refractivity contribution in [2.45, 2.75) is 44.7 Å². The second-order valence-electron chi connectivity index (χ2n) is 4.00. The van der Waals surface area contributed by atoms with Crippen LogP contribution in [-0.4, -0.2) is 25.8 Å². The fraction of sp³-hybridized carbons (Fsp3) is 0.909. The fourth-order valence-electron chi connectivity index (χ4n) is 2.10. The van der Waals surface area contributed by atoms with Gasteiger partial charge >= 0.3 is 0 Å². The lowest BCUT2D eigenvalue weighted by molar-refractivity contribution is 0.156. The maximum absolute atomic E-state index is 8.93. The van der Waals surface area contributed by atoms with E-state index in [4.69, 9.17) is 10.00 Å². The second kappa shape index (κ2) is 6.00. The second-order valence-corrected chi connectivity index (χ2v) is 4.00. The molecule has 14 heavy (non-hydrogen) atoms. The molecule has 0 saturated heterocycles. The van der Waals surface area contributed by atoms with E-state index in [1.54, 1.807) is 7.11 Å². The molecule has 3 heteroatoms. The SMILES string of the molecule is CCC(COC)NC1CCCC1C#N. The first-order valence-electron chi connectivity index (χ1n) is 5.46. The third-order valence-electron chi connectivity index (χ3n) is 2.99. The van der Waals surface area contributed by atoms with Crippen molar-refractivity contribution in [2.24, 2.45) is 5.92 Å². The third-order valence-corrected chi connectivity index (χ3v) is 2.99. The minimum absolute atomic E-state index is 0.209. The molecule has 1 N–H and O–H groups in total. The Morgan fingerprint density at radius 1 is 1.57 bits per heavy atom. The maximum atomic E-state index is 8.93. The van der Waals surface area contributed by atoms with E-state index in [9.17, 15) is 0 Å². The van der Waals surface area contributed by atoms with Gasteiger partial charge in [-0.05, 0) is 19.3 Å². The Kier molecular flexibility index (Phi) is 4.92. The number of nitrogens with one attached hydrogen (secondary N) is 1. The molecular formula is C11H20N2O. The summed E-state index contributed by atoms with van der Waals surface area (Å²) >= 11 is 0. The number of hydrogen-bond acceptors (Lipinski definition) is 3. The summed E-state index contributed by atoms with van der Waals surface area (Å²) in [4.78, 5) is 0. The van der Waals surface area contributed by atoms with Crippen LogP contribution >= 0.6 is 0 Å². The summed E-state index contributed by atoms with van der Waals surface area (Å²) < 4.78 is 5.13. The van der Waals surface area contributed by atoms with Crippen molar-refractivity contribution >= 4 is 0 Å². The number of hydrogen-bond donors (Lipinski definition) is 1. The molecule has 1 aliphatic rings. The fourth-order valence-corrected chi connectivity index (χ4v) is 2.10. The molecule has 0 spiro atoms. The maximum Gasteiger partial charge on any atom is 0.0672 e. The van der Waals surface area contributed by atoms with E-state index in [0.717, 1.165) is 25.9 Å². The van der Waals surface area contributed by atoms with Crippen molar-refractivity contribution in [2.75, 3.05) is 13.7 Å². The summed E-state index contributed by atoms with van der Waals surface area (Å²) in [5.74, 6) is 0.209. The van der Waals surface area contributed by atoms with Crippen LogP contribution in [-0.2, 0) is 4.74 Å². The molecular weight excluding hydrogens is 176 g/mol. The standard InChI is InChI=1S/C11H20N2O/c1-3-10(8-14-2)13-11-6-4-5-9(11)7-12/h9-11,13H,3-6,8H2,1-2H3. The van der Waals surface area contributed by atoms with Crippen molar-refractivity contribution in [3.05, 3.63) is 0 Å². The lowest BCUT2D eigenvalue weighted by Gasteiger charge is -2.22. The molecule has 1 fully saturated rings. The zero-order valence-electron chi connectivity index (χ0n) is 9.12. The quantitative estimate of drug-likeness (QED) is 0.728. The van der Waals surface area contributed by atoms with E-state index in [1.165, 1.54) is 6.42 Å². The van der Waals surface area contributed by atoms with Gasteiger partial charge in [-0.1, -0.05) is 13.3 Å². The number of nitriles is 1. The molecule has 1 rings (SSSR count). The molecule has 1 aliphatic carbocycles. The highest BCUT2D eigenvalue weighted by Gasteiger charge is 2.28. The Morgan fingerprint density at radius 2 is 2.36 bits per heavy atom. The van der Waals surface area contributed by atoms with Gasteiger partial charge in [-0.2, -0.15) is 5.26 Å². The molecule has 0 bridgehead atoms. The Labute approximate surface area is 86.4 Å². The number of methoxy groups -OCH3 is 1. The van der Waals surface area contributed by atoms with Crippen molar-refractivity contribution < 1.29 is 4.74 Å². The minimum atomic E-state index is 0.209. The Bertz CT molecular complexity index is 200. The summed E-state index contributed by atoms with van der Waals surface area (Å²) in [6.45, 7) is 2.89. The Morgan fingerprint density at radius 3 is 2.93 bits per heavy atom. The van der Waals surface area contributed by atoms with E-state index >= 15 is 0 Å². The van der Waals surface area contributed by atoms with E-state index in [1.807, 2.05) is 0 Å². The molecule has 3 nitrogen and oxygen atoms in total. The topological polar surface area (TPSA) is 45.0 Å². The van der Waals surface area contributed by atoms with Crippen LogP contribution in [0.3, 0.4) is 0 Å². The molecule has 0 heterocycles. The summed E-state index contributed by atoms with van der Waals surface area (Å²) in [7, 11) is 1.72. The van der Waals surface area contributed by atoms with Crippen molar-refractivity contribution in [3.8, 4) is 6.07 Å². The minimum Gasteiger partial charge on any atom is -0.383 e.